The lowest BCUT2D eigenvalue weighted by atomic mass is 10.0. The standard InChI is InChI=1S/C25H30ClN5O5/c1-14(2)23(25(33)34)31-22(32)9-15-5-6-16(26)10-18(15)30-24-17-11-21(36-8-4-7-27)20(35-3)12-19(17)28-13-29-24/h5-6,10-14,23H,4,7-9,27H2,1-3H3,(H,31,32)(H,33,34)(H,28,29,30). The Morgan fingerprint density at radius 2 is 1.94 bits per heavy atom. The Labute approximate surface area is 214 Å². The van der Waals surface area contributed by atoms with Crippen molar-refractivity contribution in [1.82, 2.24) is 15.3 Å². The lowest BCUT2D eigenvalue weighted by Crippen LogP contribution is -2.44. The quantitative estimate of drug-likeness (QED) is 0.266. The van der Waals surface area contributed by atoms with Crippen LogP contribution in [0.1, 0.15) is 25.8 Å². The number of methoxy groups -OCH3 is 1. The summed E-state index contributed by atoms with van der Waals surface area (Å²) in [5, 5.41) is 16.3. The fourth-order valence-corrected chi connectivity index (χ4v) is 3.73. The summed E-state index contributed by atoms with van der Waals surface area (Å²) in [5.41, 5.74) is 7.36. The maximum absolute atomic E-state index is 12.7. The van der Waals surface area contributed by atoms with Gasteiger partial charge in [-0.05, 0) is 42.6 Å². The highest BCUT2D eigenvalue weighted by Crippen LogP contribution is 2.35. The molecule has 0 aliphatic rings. The molecule has 0 aliphatic heterocycles. The molecule has 0 fully saturated rings. The lowest BCUT2D eigenvalue weighted by Gasteiger charge is -2.19. The second kappa shape index (κ2) is 12.4. The van der Waals surface area contributed by atoms with E-state index in [0.29, 0.717) is 64.1 Å². The summed E-state index contributed by atoms with van der Waals surface area (Å²) in [7, 11) is 1.55. The topological polar surface area (TPSA) is 149 Å². The number of aromatic nitrogens is 2. The molecule has 0 saturated carbocycles. The number of fused-ring (bicyclic) bond motifs is 1. The number of carboxylic acid groups (broad SMARTS) is 1. The van der Waals surface area contributed by atoms with Crippen molar-refractivity contribution in [2.45, 2.75) is 32.7 Å². The lowest BCUT2D eigenvalue weighted by molar-refractivity contribution is -0.143. The van der Waals surface area contributed by atoms with Crippen LogP contribution in [0.15, 0.2) is 36.7 Å². The van der Waals surface area contributed by atoms with Gasteiger partial charge in [0.15, 0.2) is 11.5 Å². The molecule has 1 aromatic heterocycles. The highest BCUT2D eigenvalue weighted by molar-refractivity contribution is 6.31. The molecule has 10 nitrogen and oxygen atoms in total. The molecule has 192 valence electrons. The minimum Gasteiger partial charge on any atom is -0.493 e. The van der Waals surface area contributed by atoms with E-state index in [2.05, 4.69) is 20.6 Å². The first-order valence-electron chi connectivity index (χ1n) is 11.5. The summed E-state index contributed by atoms with van der Waals surface area (Å²) in [4.78, 5) is 32.9. The van der Waals surface area contributed by atoms with Gasteiger partial charge in [-0.1, -0.05) is 31.5 Å². The van der Waals surface area contributed by atoms with Gasteiger partial charge in [-0.2, -0.15) is 0 Å². The van der Waals surface area contributed by atoms with Crippen LogP contribution in [0.25, 0.3) is 10.9 Å². The Morgan fingerprint density at radius 1 is 1.17 bits per heavy atom. The van der Waals surface area contributed by atoms with Gasteiger partial charge in [0, 0.05) is 22.2 Å². The first-order chi connectivity index (χ1) is 17.2. The van der Waals surface area contributed by atoms with Crippen LogP contribution in [0.5, 0.6) is 11.5 Å². The molecule has 2 aromatic carbocycles. The summed E-state index contributed by atoms with van der Waals surface area (Å²) in [6.45, 7) is 4.40. The summed E-state index contributed by atoms with van der Waals surface area (Å²) in [5.74, 6) is -0.243. The molecule has 0 bridgehead atoms. The maximum Gasteiger partial charge on any atom is 0.326 e. The third kappa shape index (κ3) is 6.73. The number of carbonyl (C=O) groups excluding carboxylic acids is 1. The molecule has 1 heterocycles. The van der Waals surface area contributed by atoms with Crippen molar-refractivity contribution in [3.8, 4) is 11.5 Å². The molecule has 1 amide bonds. The van der Waals surface area contributed by atoms with E-state index in [1.165, 1.54) is 6.33 Å². The van der Waals surface area contributed by atoms with Gasteiger partial charge in [0.1, 0.15) is 18.2 Å². The second-order valence-corrected chi connectivity index (χ2v) is 8.90. The van der Waals surface area contributed by atoms with Crippen molar-refractivity contribution in [2.75, 3.05) is 25.6 Å². The second-order valence-electron chi connectivity index (χ2n) is 8.46. The monoisotopic (exact) mass is 515 g/mol. The summed E-state index contributed by atoms with van der Waals surface area (Å²) >= 11 is 6.24. The molecule has 5 N–H and O–H groups in total. The van der Waals surface area contributed by atoms with Crippen molar-refractivity contribution in [1.29, 1.82) is 0 Å². The van der Waals surface area contributed by atoms with E-state index >= 15 is 0 Å². The SMILES string of the molecule is COc1cc2ncnc(Nc3cc(Cl)ccc3CC(=O)NC(C(=O)O)C(C)C)c2cc1OCCCN. The first kappa shape index (κ1) is 27.0. The third-order valence-corrected chi connectivity index (χ3v) is 5.69. The summed E-state index contributed by atoms with van der Waals surface area (Å²) in [6, 6.07) is 7.60. The number of ether oxygens (including phenoxy) is 2. The predicted octanol–water partition coefficient (Wildman–Crippen LogP) is 3.53. The number of carboxylic acids is 1. The Balaban J connectivity index is 1.93. The smallest absolute Gasteiger partial charge is 0.326 e. The number of halogens is 1. The minimum absolute atomic E-state index is 0.0553. The van der Waals surface area contributed by atoms with Crippen molar-refractivity contribution in [2.24, 2.45) is 11.7 Å². The number of hydrogen-bond donors (Lipinski definition) is 4. The van der Waals surface area contributed by atoms with Gasteiger partial charge in [0.25, 0.3) is 0 Å². The summed E-state index contributed by atoms with van der Waals surface area (Å²) in [6.07, 6.45) is 2.04. The number of nitrogens with two attached hydrogens (primary N) is 1. The average molecular weight is 516 g/mol. The molecular formula is C25H30ClN5O5. The van der Waals surface area contributed by atoms with E-state index < -0.39 is 17.9 Å². The van der Waals surface area contributed by atoms with Crippen LogP contribution in [0, 0.1) is 5.92 Å². The zero-order valence-electron chi connectivity index (χ0n) is 20.4. The van der Waals surface area contributed by atoms with Crippen LogP contribution in [-0.2, 0) is 16.0 Å². The van der Waals surface area contributed by atoms with Crippen LogP contribution < -0.4 is 25.8 Å². The normalized spacial score (nSPS) is 11.8. The Morgan fingerprint density at radius 3 is 2.61 bits per heavy atom. The van der Waals surface area contributed by atoms with E-state index in [0.717, 1.165) is 0 Å². The number of aliphatic carboxylic acids is 1. The molecule has 0 saturated heterocycles. The molecule has 0 aliphatic carbocycles. The number of nitrogens with zero attached hydrogens (tertiary/aromatic N) is 2. The van der Waals surface area contributed by atoms with Gasteiger partial charge in [-0.15, -0.1) is 0 Å². The van der Waals surface area contributed by atoms with Crippen molar-refractivity contribution in [3.05, 3.63) is 47.2 Å². The number of nitrogens with one attached hydrogen (secondary N) is 2. The Bertz CT molecular complexity index is 1240. The van der Waals surface area contributed by atoms with Crippen molar-refractivity contribution >= 4 is 45.9 Å². The van der Waals surface area contributed by atoms with Gasteiger partial charge in [-0.3, -0.25) is 4.79 Å². The van der Waals surface area contributed by atoms with E-state index in [-0.39, 0.29) is 12.3 Å². The third-order valence-electron chi connectivity index (χ3n) is 5.45. The number of amides is 1. The van der Waals surface area contributed by atoms with Gasteiger partial charge in [-0.25, -0.2) is 14.8 Å². The van der Waals surface area contributed by atoms with E-state index in [1.807, 2.05) is 0 Å². The largest absolute Gasteiger partial charge is 0.493 e. The Kier molecular flexibility index (Phi) is 9.26. The van der Waals surface area contributed by atoms with Gasteiger partial charge < -0.3 is 30.9 Å². The molecule has 3 rings (SSSR count). The van der Waals surface area contributed by atoms with E-state index in [9.17, 15) is 14.7 Å². The molecule has 0 spiro atoms. The highest BCUT2D eigenvalue weighted by Gasteiger charge is 2.24. The van der Waals surface area contributed by atoms with Crippen LogP contribution in [0.2, 0.25) is 5.02 Å². The number of rotatable bonds is 12. The highest BCUT2D eigenvalue weighted by atomic mass is 35.5. The zero-order valence-corrected chi connectivity index (χ0v) is 21.1. The fourth-order valence-electron chi connectivity index (χ4n) is 3.56. The number of benzene rings is 2. The van der Waals surface area contributed by atoms with Crippen molar-refractivity contribution < 1.29 is 24.2 Å². The molecule has 1 atom stereocenters. The summed E-state index contributed by atoms with van der Waals surface area (Å²) < 4.78 is 11.3. The first-order valence-corrected chi connectivity index (χ1v) is 11.8. The van der Waals surface area contributed by atoms with Gasteiger partial charge in [0.05, 0.1) is 25.7 Å². The average Bonchev–Trinajstić information content (AvgIpc) is 2.84. The molecule has 3 aromatic rings. The maximum atomic E-state index is 12.7. The molecule has 0 radical (unpaired) electrons. The number of anilines is 2. The molecule has 11 heteroatoms. The minimum atomic E-state index is -1.08. The van der Waals surface area contributed by atoms with Crippen LogP contribution in [0.4, 0.5) is 11.5 Å². The molecular weight excluding hydrogens is 486 g/mol. The number of carbonyl (C=O) groups is 2. The van der Waals surface area contributed by atoms with Gasteiger partial charge >= 0.3 is 5.97 Å². The molecule has 1 unspecified atom stereocenters. The van der Waals surface area contributed by atoms with Crippen LogP contribution >= 0.6 is 11.6 Å². The zero-order chi connectivity index (χ0) is 26.2. The number of hydrogen-bond acceptors (Lipinski definition) is 8. The fraction of sp³-hybridized carbons (Fsp3) is 0.360. The molecule has 36 heavy (non-hydrogen) atoms. The predicted molar refractivity (Wildman–Crippen MR) is 138 cm³/mol. The Hall–Kier alpha value is -3.63. The van der Waals surface area contributed by atoms with Crippen LogP contribution in [-0.4, -0.2) is 53.3 Å². The van der Waals surface area contributed by atoms with Crippen molar-refractivity contribution in [3.63, 3.8) is 0 Å². The van der Waals surface area contributed by atoms with Crippen LogP contribution in [0.3, 0.4) is 0 Å². The van der Waals surface area contributed by atoms with E-state index in [4.69, 9.17) is 26.8 Å². The van der Waals surface area contributed by atoms with E-state index in [1.54, 1.807) is 51.3 Å². The van der Waals surface area contributed by atoms with Gasteiger partial charge in [0.2, 0.25) is 5.91 Å².